The first kappa shape index (κ1) is 12.0. The fraction of sp³-hybridized carbons (Fsp3) is 0.500. The number of hydrogen-bond acceptors (Lipinski definition) is 5. The van der Waals surface area contributed by atoms with Crippen LogP contribution in [0.5, 0.6) is 0 Å². The van der Waals surface area contributed by atoms with E-state index in [1.807, 2.05) is 13.8 Å². The average Bonchev–Trinajstić information content (AvgIpc) is 2.33. The third-order valence-electron chi connectivity index (χ3n) is 1.11. The van der Waals surface area contributed by atoms with Crippen LogP contribution >= 0.6 is 11.3 Å². The van der Waals surface area contributed by atoms with Crippen LogP contribution in [-0.4, -0.2) is 16.2 Å². The molecule has 0 bridgehead atoms. The van der Waals surface area contributed by atoms with Gasteiger partial charge in [-0.15, -0.1) is 10.2 Å². The minimum Gasteiger partial charge on any atom is -0.542 e. The number of aromatic carboxylic acids is 1. The summed E-state index contributed by atoms with van der Waals surface area (Å²) in [7, 11) is 0. The van der Waals surface area contributed by atoms with Crippen LogP contribution in [0.3, 0.4) is 0 Å². The molecule has 0 fully saturated rings. The summed E-state index contributed by atoms with van der Waals surface area (Å²) in [6, 6.07) is 0. The molecular formula is C6H7N2NaO2S. The molecule has 0 atom stereocenters. The molecule has 0 amide bonds. The van der Waals surface area contributed by atoms with E-state index in [0.717, 1.165) is 16.3 Å². The molecule has 60 valence electrons. The first-order valence-corrected chi connectivity index (χ1v) is 3.97. The number of carboxylic acids is 1. The summed E-state index contributed by atoms with van der Waals surface area (Å²) in [6.45, 7) is 3.86. The van der Waals surface area contributed by atoms with Gasteiger partial charge in [0.25, 0.3) is 0 Å². The molecule has 6 heteroatoms. The van der Waals surface area contributed by atoms with Gasteiger partial charge in [-0.3, -0.25) is 0 Å². The molecule has 1 heterocycles. The second kappa shape index (κ2) is 4.91. The van der Waals surface area contributed by atoms with Gasteiger partial charge in [-0.25, -0.2) is 0 Å². The van der Waals surface area contributed by atoms with Gasteiger partial charge in [0.05, 0.1) is 0 Å². The van der Waals surface area contributed by atoms with Gasteiger partial charge in [0.15, 0.2) is 5.01 Å². The molecule has 0 aliphatic heterocycles. The van der Waals surface area contributed by atoms with Crippen molar-refractivity contribution < 1.29 is 39.5 Å². The molecule has 0 aliphatic carbocycles. The Kier molecular flexibility index (Phi) is 4.92. The number of rotatable bonds is 2. The van der Waals surface area contributed by atoms with E-state index in [-0.39, 0.29) is 40.5 Å². The number of nitrogens with zero attached hydrogens (tertiary/aromatic N) is 2. The summed E-state index contributed by atoms with van der Waals surface area (Å²) in [5, 5.41) is 18.0. The summed E-state index contributed by atoms with van der Waals surface area (Å²) in [4.78, 5) is 10.2. The second-order valence-corrected chi connectivity index (χ2v) is 3.40. The number of carbonyl (C=O) groups excluding carboxylic acids is 1. The first-order valence-electron chi connectivity index (χ1n) is 3.16. The Hall–Kier alpha value is 0.0300. The largest absolute Gasteiger partial charge is 1.00 e. The summed E-state index contributed by atoms with van der Waals surface area (Å²) in [5.74, 6) is -1.03. The molecule has 1 aromatic rings. The van der Waals surface area contributed by atoms with Crippen LogP contribution in [0, 0.1) is 0 Å². The molecular weight excluding hydrogens is 187 g/mol. The van der Waals surface area contributed by atoms with E-state index in [1.54, 1.807) is 0 Å². The maximum atomic E-state index is 10.2. The third kappa shape index (κ3) is 2.82. The van der Waals surface area contributed by atoms with Crippen molar-refractivity contribution in [3.8, 4) is 0 Å². The van der Waals surface area contributed by atoms with Crippen LogP contribution in [0.15, 0.2) is 0 Å². The maximum Gasteiger partial charge on any atom is 1.00 e. The van der Waals surface area contributed by atoms with Gasteiger partial charge >= 0.3 is 29.6 Å². The average molecular weight is 194 g/mol. The monoisotopic (exact) mass is 194 g/mol. The van der Waals surface area contributed by atoms with Crippen LogP contribution in [0.2, 0.25) is 0 Å². The molecule has 0 spiro atoms. The minimum absolute atomic E-state index is 0. The van der Waals surface area contributed by atoms with Gasteiger partial charge < -0.3 is 9.90 Å². The molecule has 0 saturated heterocycles. The van der Waals surface area contributed by atoms with Crippen molar-refractivity contribution in [1.29, 1.82) is 0 Å². The van der Waals surface area contributed by atoms with Crippen molar-refractivity contribution in [3.05, 3.63) is 10.0 Å². The SMILES string of the molecule is CC(C)c1nnc(C(=O)[O-])s1.[Na+]. The molecule has 0 radical (unpaired) electrons. The molecule has 1 rings (SSSR count). The van der Waals surface area contributed by atoms with Crippen LogP contribution in [0.1, 0.15) is 34.6 Å². The van der Waals surface area contributed by atoms with Crippen molar-refractivity contribution in [2.75, 3.05) is 0 Å². The summed E-state index contributed by atoms with van der Waals surface area (Å²) in [6.07, 6.45) is 0. The Labute approximate surface area is 96.3 Å². The summed E-state index contributed by atoms with van der Waals surface area (Å²) in [5.41, 5.74) is 0. The smallest absolute Gasteiger partial charge is 0.542 e. The first-order chi connectivity index (χ1) is 5.11. The van der Waals surface area contributed by atoms with Crippen molar-refractivity contribution >= 4 is 17.3 Å². The molecule has 4 nitrogen and oxygen atoms in total. The van der Waals surface area contributed by atoms with Crippen molar-refractivity contribution in [1.82, 2.24) is 10.2 Å². The van der Waals surface area contributed by atoms with Crippen molar-refractivity contribution in [2.24, 2.45) is 0 Å². The molecule has 12 heavy (non-hydrogen) atoms. The van der Waals surface area contributed by atoms with Gasteiger partial charge in [-0.2, -0.15) is 0 Å². The fourth-order valence-electron chi connectivity index (χ4n) is 0.550. The van der Waals surface area contributed by atoms with Gasteiger partial charge in [-0.05, 0) is 0 Å². The van der Waals surface area contributed by atoms with Gasteiger partial charge in [0.1, 0.15) is 11.0 Å². The molecule has 0 N–H and O–H groups in total. The standard InChI is InChI=1S/C6H8N2O2S.Na/c1-3(2)4-7-8-5(11-4)6(9)10;/h3H,1-2H3,(H,9,10);/q;+1/p-1. The van der Waals surface area contributed by atoms with E-state index in [2.05, 4.69) is 10.2 Å². The minimum atomic E-state index is -1.26. The van der Waals surface area contributed by atoms with Crippen LogP contribution < -0.4 is 34.7 Å². The van der Waals surface area contributed by atoms with Gasteiger partial charge in [-0.1, -0.05) is 25.2 Å². The second-order valence-electron chi connectivity index (χ2n) is 2.39. The van der Waals surface area contributed by atoms with Crippen molar-refractivity contribution in [3.63, 3.8) is 0 Å². The van der Waals surface area contributed by atoms with Gasteiger partial charge in [0.2, 0.25) is 0 Å². The Morgan fingerprint density at radius 1 is 1.50 bits per heavy atom. The van der Waals surface area contributed by atoms with E-state index < -0.39 is 5.97 Å². The zero-order valence-electron chi connectivity index (χ0n) is 7.20. The predicted molar refractivity (Wildman–Crippen MR) is 38.3 cm³/mol. The summed E-state index contributed by atoms with van der Waals surface area (Å²) >= 11 is 1.06. The number of aromatic nitrogens is 2. The van der Waals surface area contributed by atoms with E-state index in [4.69, 9.17) is 0 Å². The molecule has 0 aliphatic rings. The van der Waals surface area contributed by atoms with Gasteiger partial charge in [0, 0.05) is 5.92 Å². The number of carboxylic acid groups (broad SMARTS) is 1. The van der Waals surface area contributed by atoms with E-state index in [1.165, 1.54) is 0 Å². The molecule has 0 aromatic carbocycles. The zero-order chi connectivity index (χ0) is 8.43. The quantitative estimate of drug-likeness (QED) is 0.471. The Bertz CT molecular complexity index is 274. The number of hydrogen-bond donors (Lipinski definition) is 0. The van der Waals surface area contributed by atoms with Crippen LogP contribution in [-0.2, 0) is 0 Å². The van der Waals surface area contributed by atoms with E-state index in [9.17, 15) is 9.90 Å². The topological polar surface area (TPSA) is 65.9 Å². The Balaban J connectivity index is 0.00000121. The van der Waals surface area contributed by atoms with Crippen LogP contribution in [0.25, 0.3) is 0 Å². The van der Waals surface area contributed by atoms with E-state index in [0.29, 0.717) is 0 Å². The molecule has 1 aromatic heterocycles. The number of carbonyl (C=O) groups is 1. The Morgan fingerprint density at radius 3 is 2.33 bits per heavy atom. The van der Waals surface area contributed by atoms with Crippen molar-refractivity contribution in [2.45, 2.75) is 19.8 Å². The molecule has 0 saturated carbocycles. The van der Waals surface area contributed by atoms with Crippen LogP contribution in [0.4, 0.5) is 0 Å². The molecule has 0 unspecified atom stereocenters. The third-order valence-corrected chi connectivity index (χ3v) is 2.31. The van der Waals surface area contributed by atoms with E-state index >= 15 is 0 Å². The summed E-state index contributed by atoms with van der Waals surface area (Å²) < 4.78 is 0. The normalized spacial score (nSPS) is 9.58. The fourth-order valence-corrected chi connectivity index (χ4v) is 1.23. The predicted octanol–water partition coefficient (Wildman–Crippen LogP) is -2.97. The Morgan fingerprint density at radius 2 is 2.08 bits per heavy atom. The zero-order valence-corrected chi connectivity index (χ0v) is 10.0. The maximum absolute atomic E-state index is 10.2.